The fraction of sp³-hybridized carbons (Fsp3) is 0.400. The first kappa shape index (κ1) is 11.9. The van der Waals surface area contributed by atoms with Crippen molar-refractivity contribution in [2.45, 2.75) is 33.1 Å². The molecule has 0 radical (unpaired) electrons. The summed E-state index contributed by atoms with van der Waals surface area (Å²) < 4.78 is 0. The van der Waals surface area contributed by atoms with E-state index < -0.39 is 11.4 Å². The maximum Gasteiger partial charge on any atom is 0.310 e. The number of aliphatic carboxylic acids is 1. The van der Waals surface area contributed by atoms with Crippen LogP contribution in [0.1, 0.15) is 31.4 Å². The van der Waals surface area contributed by atoms with Crippen molar-refractivity contribution in [2.75, 3.05) is 0 Å². The Kier molecular flexibility index (Phi) is 3.05. The molecule has 0 saturated carbocycles. The van der Waals surface area contributed by atoms with Crippen LogP contribution in [0.2, 0.25) is 0 Å². The van der Waals surface area contributed by atoms with Crippen molar-refractivity contribution < 1.29 is 9.90 Å². The van der Waals surface area contributed by atoms with E-state index in [1.54, 1.807) is 0 Å². The predicted octanol–water partition coefficient (Wildman–Crippen LogP) is 3.21. The number of rotatable bonds is 3. The molecule has 0 amide bonds. The van der Waals surface area contributed by atoms with Gasteiger partial charge in [0.15, 0.2) is 0 Å². The molecule has 1 N–H and O–H groups in total. The Balaban J connectivity index is 2.29. The van der Waals surface area contributed by atoms with Crippen LogP contribution in [0.5, 0.6) is 0 Å². The van der Waals surface area contributed by atoms with Crippen LogP contribution in [-0.4, -0.2) is 11.1 Å². The van der Waals surface area contributed by atoms with Crippen LogP contribution in [0.25, 0.3) is 0 Å². The molecule has 2 heteroatoms. The molecule has 0 aromatic heterocycles. The van der Waals surface area contributed by atoms with E-state index in [2.05, 4.69) is 0 Å². The van der Waals surface area contributed by atoms with Gasteiger partial charge in [0.25, 0.3) is 0 Å². The lowest BCUT2D eigenvalue weighted by Gasteiger charge is -2.22. The van der Waals surface area contributed by atoms with Crippen LogP contribution in [0, 0.1) is 5.41 Å². The monoisotopic (exact) mass is 230 g/mol. The first-order chi connectivity index (χ1) is 8.03. The van der Waals surface area contributed by atoms with Gasteiger partial charge < -0.3 is 5.11 Å². The molecule has 1 aromatic rings. The molecule has 0 fully saturated rings. The van der Waals surface area contributed by atoms with E-state index in [4.69, 9.17) is 0 Å². The quantitative estimate of drug-likeness (QED) is 0.809. The number of hydrogen-bond acceptors (Lipinski definition) is 1. The summed E-state index contributed by atoms with van der Waals surface area (Å²) >= 11 is 0. The highest BCUT2D eigenvalue weighted by molar-refractivity contribution is 5.77. The summed E-state index contributed by atoms with van der Waals surface area (Å²) in [7, 11) is 0. The minimum absolute atomic E-state index is 0.624. The topological polar surface area (TPSA) is 37.3 Å². The molecule has 0 spiro atoms. The van der Waals surface area contributed by atoms with Crippen LogP contribution < -0.4 is 0 Å². The van der Waals surface area contributed by atoms with Gasteiger partial charge in [0.1, 0.15) is 0 Å². The van der Waals surface area contributed by atoms with Crippen LogP contribution in [0.15, 0.2) is 35.9 Å². The van der Waals surface area contributed by atoms with Crippen LogP contribution in [0.3, 0.4) is 0 Å². The Morgan fingerprint density at radius 1 is 1.29 bits per heavy atom. The molecule has 0 saturated heterocycles. The summed E-state index contributed by atoms with van der Waals surface area (Å²) in [5.74, 6) is -0.675. The molecule has 0 atom stereocenters. The average Bonchev–Trinajstić information content (AvgIpc) is 2.66. The average molecular weight is 230 g/mol. The van der Waals surface area contributed by atoms with Crippen molar-refractivity contribution >= 4 is 5.97 Å². The van der Waals surface area contributed by atoms with Crippen molar-refractivity contribution in [3.63, 3.8) is 0 Å². The summed E-state index contributed by atoms with van der Waals surface area (Å²) in [5.41, 5.74) is 2.94. The Morgan fingerprint density at radius 3 is 2.24 bits per heavy atom. The van der Waals surface area contributed by atoms with Gasteiger partial charge in [-0.2, -0.15) is 0 Å². The zero-order valence-electron chi connectivity index (χ0n) is 10.4. The van der Waals surface area contributed by atoms with Gasteiger partial charge in [0.2, 0.25) is 0 Å². The van der Waals surface area contributed by atoms with E-state index in [-0.39, 0.29) is 0 Å². The molecule has 0 aliphatic heterocycles. The molecule has 1 aromatic carbocycles. The van der Waals surface area contributed by atoms with Crippen molar-refractivity contribution in [2.24, 2.45) is 5.41 Å². The number of carbonyl (C=O) groups is 1. The second-order valence-electron chi connectivity index (χ2n) is 5.19. The summed E-state index contributed by atoms with van der Waals surface area (Å²) in [5, 5.41) is 9.52. The lowest BCUT2D eigenvalue weighted by atomic mass is 9.81. The first-order valence-corrected chi connectivity index (χ1v) is 5.97. The third kappa shape index (κ3) is 2.26. The van der Waals surface area contributed by atoms with Crippen molar-refractivity contribution in [3.05, 3.63) is 47.0 Å². The zero-order chi connectivity index (χ0) is 12.5. The Hall–Kier alpha value is -1.57. The van der Waals surface area contributed by atoms with Gasteiger partial charge in [-0.15, -0.1) is 0 Å². The third-order valence-corrected chi connectivity index (χ3v) is 3.53. The minimum atomic E-state index is -0.675. The van der Waals surface area contributed by atoms with Gasteiger partial charge in [-0.1, -0.05) is 35.9 Å². The molecule has 0 bridgehead atoms. The normalized spacial score (nSPS) is 16.4. The lowest BCUT2D eigenvalue weighted by molar-refractivity contribution is -0.148. The molecular formula is C15H18O2. The maximum atomic E-state index is 11.6. The summed E-state index contributed by atoms with van der Waals surface area (Å²) in [6.07, 6.45) is 3.98. The van der Waals surface area contributed by atoms with E-state index in [0.29, 0.717) is 19.3 Å². The SMILES string of the molecule is CC(C)=CCC1(C(=O)O)Cc2ccccc2C1. The van der Waals surface area contributed by atoms with Gasteiger partial charge >= 0.3 is 5.97 Å². The number of carboxylic acids is 1. The summed E-state index contributed by atoms with van der Waals surface area (Å²) in [6, 6.07) is 8.06. The fourth-order valence-corrected chi connectivity index (χ4v) is 2.48. The Morgan fingerprint density at radius 2 is 1.82 bits per heavy atom. The lowest BCUT2D eigenvalue weighted by Crippen LogP contribution is -2.31. The Bertz CT molecular complexity index is 443. The van der Waals surface area contributed by atoms with E-state index >= 15 is 0 Å². The van der Waals surface area contributed by atoms with Crippen molar-refractivity contribution in [3.8, 4) is 0 Å². The van der Waals surface area contributed by atoms with E-state index in [1.165, 1.54) is 16.7 Å². The van der Waals surface area contributed by atoms with E-state index in [1.807, 2.05) is 44.2 Å². The molecular weight excluding hydrogens is 212 g/mol. The van der Waals surface area contributed by atoms with Crippen LogP contribution >= 0.6 is 0 Å². The molecule has 1 aliphatic rings. The summed E-state index contributed by atoms with van der Waals surface area (Å²) in [4.78, 5) is 11.6. The summed E-state index contributed by atoms with van der Waals surface area (Å²) in [6.45, 7) is 4.02. The number of fused-ring (bicyclic) bond motifs is 1. The highest BCUT2D eigenvalue weighted by atomic mass is 16.4. The Labute approximate surface area is 102 Å². The smallest absolute Gasteiger partial charge is 0.310 e. The van der Waals surface area contributed by atoms with Gasteiger partial charge in [-0.25, -0.2) is 0 Å². The molecule has 0 heterocycles. The highest BCUT2D eigenvalue weighted by Gasteiger charge is 2.42. The molecule has 90 valence electrons. The number of benzene rings is 1. The van der Waals surface area contributed by atoms with E-state index in [0.717, 1.165) is 0 Å². The largest absolute Gasteiger partial charge is 0.481 e. The number of carboxylic acid groups (broad SMARTS) is 1. The standard InChI is InChI=1S/C15H18O2/c1-11(2)7-8-15(14(16)17)9-12-5-3-4-6-13(12)10-15/h3-7H,8-10H2,1-2H3,(H,16,17). The van der Waals surface area contributed by atoms with Gasteiger partial charge in [-0.05, 0) is 44.2 Å². The molecule has 0 unspecified atom stereocenters. The van der Waals surface area contributed by atoms with Crippen molar-refractivity contribution in [1.82, 2.24) is 0 Å². The third-order valence-electron chi connectivity index (χ3n) is 3.53. The first-order valence-electron chi connectivity index (χ1n) is 5.97. The molecule has 17 heavy (non-hydrogen) atoms. The zero-order valence-corrected chi connectivity index (χ0v) is 10.4. The van der Waals surface area contributed by atoms with Gasteiger partial charge in [0, 0.05) is 0 Å². The highest BCUT2D eigenvalue weighted by Crippen LogP contribution is 2.40. The molecule has 2 nitrogen and oxygen atoms in total. The van der Waals surface area contributed by atoms with Crippen LogP contribution in [-0.2, 0) is 17.6 Å². The predicted molar refractivity (Wildman–Crippen MR) is 68.0 cm³/mol. The van der Waals surface area contributed by atoms with Crippen molar-refractivity contribution in [1.29, 1.82) is 0 Å². The minimum Gasteiger partial charge on any atom is -0.481 e. The molecule has 1 aliphatic carbocycles. The van der Waals surface area contributed by atoms with Gasteiger partial charge in [-0.3, -0.25) is 4.79 Å². The molecule has 2 rings (SSSR count). The maximum absolute atomic E-state index is 11.6. The van der Waals surface area contributed by atoms with E-state index in [9.17, 15) is 9.90 Å². The number of allylic oxidation sites excluding steroid dienone is 2. The fourth-order valence-electron chi connectivity index (χ4n) is 2.48. The second-order valence-corrected chi connectivity index (χ2v) is 5.19. The van der Waals surface area contributed by atoms with Gasteiger partial charge in [0.05, 0.1) is 5.41 Å². The second kappa shape index (κ2) is 4.36. The van der Waals surface area contributed by atoms with Crippen LogP contribution in [0.4, 0.5) is 0 Å². The number of hydrogen-bond donors (Lipinski definition) is 1.